The summed E-state index contributed by atoms with van der Waals surface area (Å²) in [6.07, 6.45) is 1.47. The summed E-state index contributed by atoms with van der Waals surface area (Å²) in [6, 6.07) is 11.8. The smallest absolute Gasteiger partial charge is 0.242 e. The summed E-state index contributed by atoms with van der Waals surface area (Å²) in [6.45, 7) is 4.78. The molecule has 0 aliphatic carbocycles. The largest absolute Gasteiger partial charge is 0.354 e. The summed E-state index contributed by atoms with van der Waals surface area (Å²) in [4.78, 5) is 27.5. The maximum atomic E-state index is 13.2. The first-order valence-electron chi connectivity index (χ1n) is 9.61. The molecule has 0 aliphatic heterocycles. The lowest BCUT2D eigenvalue weighted by Gasteiger charge is -2.31. The molecule has 0 saturated carbocycles. The van der Waals surface area contributed by atoms with E-state index in [2.05, 4.69) is 5.32 Å². The van der Waals surface area contributed by atoms with Crippen molar-refractivity contribution in [2.24, 2.45) is 0 Å². The molecule has 0 saturated heterocycles. The lowest BCUT2D eigenvalue weighted by molar-refractivity contribution is -0.140. The predicted octanol–water partition coefficient (Wildman–Crippen LogP) is 5.52. The average Bonchev–Trinajstić information content (AvgIpc) is 2.70. The number of hydrogen-bond acceptors (Lipinski definition) is 2. The van der Waals surface area contributed by atoms with Gasteiger partial charge in [-0.3, -0.25) is 9.59 Å². The molecule has 0 spiro atoms. The van der Waals surface area contributed by atoms with Crippen LogP contribution in [0, 0.1) is 0 Å². The Hall–Kier alpha value is -1.75. The van der Waals surface area contributed by atoms with Crippen molar-refractivity contribution >= 4 is 46.6 Å². The van der Waals surface area contributed by atoms with E-state index in [0.717, 1.165) is 17.5 Å². The van der Waals surface area contributed by atoms with E-state index in [1.165, 1.54) is 0 Å². The van der Waals surface area contributed by atoms with Crippen LogP contribution in [0.4, 0.5) is 0 Å². The van der Waals surface area contributed by atoms with Crippen LogP contribution in [-0.2, 0) is 22.6 Å². The molecule has 2 aromatic carbocycles. The zero-order chi connectivity index (χ0) is 21.4. The molecule has 1 N–H and O–H groups in total. The van der Waals surface area contributed by atoms with Gasteiger partial charge in [0, 0.05) is 18.1 Å². The molecular formula is C22H25Cl3N2O2. The first-order chi connectivity index (χ1) is 13.8. The third-order valence-corrected chi connectivity index (χ3v) is 5.53. The molecule has 2 rings (SSSR count). The van der Waals surface area contributed by atoms with E-state index in [1.807, 2.05) is 26.0 Å². The topological polar surface area (TPSA) is 49.4 Å². The second-order valence-electron chi connectivity index (χ2n) is 6.79. The van der Waals surface area contributed by atoms with Crippen molar-refractivity contribution < 1.29 is 9.59 Å². The van der Waals surface area contributed by atoms with E-state index in [0.29, 0.717) is 34.6 Å². The van der Waals surface area contributed by atoms with Crippen LogP contribution in [0.1, 0.15) is 37.8 Å². The fraction of sp³-hybridized carbons (Fsp3) is 0.364. The Morgan fingerprint density at radius 3 is 2.21 bits per heavy atom. The van der Waals surface area contributed by atoms with Crippen molar-refractivity contribution in [3.8, 4) is 0 Å². The van der Waals surface area contributed by atoms with Crippen molar-refractivity contribution in [3.63, 3.8) is 0 Å². The minimum atomic E-state index is -0.562. The molecule has 29 heavy (non-hydrogen) atoms. The summed E-state index contributed by atoms with van der Waals surface area (Å²) in [7, 11) is 0. The van der Waals surface area contributed by atoms with E-state index in [1.54, 1.807) is 35.2 Å². The van der Waals surface area contributed by atoms with Crippen LogP contribution >= 0.6 is 34.8 Å². The molecule has 0 unspecified atom stereocenters. The van der Waals surface area contributed by atoms with Crippen LogP contribution in [0.5, 0.6) is 0 Å². The van der Waals surface area contributed by atoms with Gasteiger partial charge in [-0.15, -0.1) is 0 Å². The van der Waals surface area contributed by atoms with Crippen LogP contribution in [0.3, 0.4) is 0 Å². The second-order valence-corrected chi connectivity index (χ2v) is 8.04. The molecule has 0 heterocycles. The van der Waals surface area contributed by atoms with E-state index in [-0.39, 0.29) is 18.2 Å². The number of carbonyl (C=O) groups is 2. The first-order valence-corrected chi connectivity index (χ1v) is 10.7. The summed E-state index contributed by atoms with van der Waals surface area (Å²) < 4.78 is 0. The van der Waals surface area contributed by atoms with Crippen molar-refractivity contribution in [1.82, 2.24) is 10.2 Å². The molecule has 0 aromatic heterocycles. The van der Waals surface area contributed by atoms with Gasteiger partial charge in [0.25, 0.3) is 0 Å². The van der Waals surface area contributed by atoms with E-state index in [4.69, 9.17) is 34.8 Å². The number of carbonyl (C=O) groups excluding carboxylic acids is 2. The van der Waals surface area contributed by atoms with Gasteiger partial charge < -0.3 is 10.2 Å². The van der Waals surface area contributed by atoms with Gasteiger partial charge in [0.1, 0.15) is 6.04 Å². The van der Waals surface area contributed by atoms with Gasteiger partial charge in [-0.25, -0.2) is 0 Å². The number of nitrogens with one attached hydrogen (secondary N) is 1. The minimum absolute atomic E-state index is 0.127. The Morgan fingerprint density at radius 2 is 1.62 bits per heavy atom. The SMILES string of the molecule is CCCNC(=O)[C@@H](CC)N(Cc1ccc(Cl)cc1)C(=O)Cc1ccc(Cl)c(Cl)c1. The highest BCUT2D eigenvalue weighted by atomic mass is 35.5. The van der Waals surface area contributed by atoms with E-state index < -0.39 is 6.04 Å². The highest BCUT2D eigenvalue weighted by molar-refractivity contribution is 6.42. The normalized spacial score (nSPS) is 11.8. The molecule has 0 radical (unpaired) electrons. The first kappa shape index (κ1) is 23.5. The molecule has 0 aliphatic rings. The fourth-order valence-corrected chi connectivity index (χ4v) is 3.44. The van der Waals surface area contributed by atoms with E-state index >= 15 is 0 Å². The fourth-order valence-electron chi connectivity index (χ4n) is 3.00. The second kappa shape index (κ2) is 11.4. The standard InChI is InChI=1S/C22H25Cl3N2O2/c1-3-11-26-22(29)20(4-2)27(14-15-5-8-17(23)9-6-15)21(28)13-16-7-10-18(24)19(25)12-16/h5-10,12,20H,3-4,11,13-14H2,1-2H3,(H,26,29)/t20-/m1/s1. The van der Waals surface area contributed by atoms with Crippen molar-refractivity contribution in [1.29, 1.82) is 0 Å². The number of rotatable bonds is 9. The minimum Gasteiger partial charge on any atom is -0.354 e. The lowest BCUT2D eigenvalue weighted by Crippen LogP contribution is -2.49. The lowest BCUT2D eigenvalue weighted by atomic mass is 10.1. The average molecular weight is 456 g/mol. The van der Waals surface area contributed by atoms with Crippen LogP contribution < -0.4 is 5.32 Å². The zero-order valence-electron chi connectivity index (χ0n) is 16.6. The Labute approximate surface area is 187 Å². The molecule has 1 atom stereocenters. The number of halogens is 3. The zero-order valence-corrected chi connectivity index (χ0v) is 18.8. The quantitative estimate of drug-likeness (QED) is 0.541. The summed E-state index contributed by atoms with van der Waals surface area (Å²) in [5.74, 6) is -0.303. The van der Waals surface area contributed by atoms with Crippen molar-refractivity contribution in [2.75, 3.05) is 6.54 Å². The molecule has 156 valence electrons. The van der Waals surface area contributed by atoms with Gasteiger partial charge in [0.2, 0.25) is 11.8 Å². The molecule has 7 heteroatoms. The monoisotopic (exact) mass is 454 g/mol. The van der Waals surface area contributed by atoms with Gasteiger partial charge in [-0.05, 0) is 48.2 Å². The summed E-state index contributed by atoms with van der Waals surface area (Å²) in [5.41, 5.74) is 1.65. The van der Waals surface area contributed by atoms with Gasteiger partial charge in [-0.1, -0.05) is 66.8 Å². The third kappa shape index (κ3) is 6.91. The van der Waals surface area contributed by atoms with Crippen LogP contribution in [0.2, 0.25) is 15.1 Å². The summed E-state index contributed by atoms with van der Waals surface area (Å²) >= 11 is 18.0. The van der Waals surface area contributed by atoms with Crippen LogP contribution in [-0.4, -0.2) is 29.3 Å². The number of nitrogens with zero attached hydrogens (tertiary/aromatic N) is 1. The molecule has 4 nitrogen and oxygen atoms in total. The molecule has 2 amide bonds. The molecule has 0 fully saturated rings. The summed E-state index contributed by atoms with van der Waals surface area (Å²) in [5, 5.41) is 4.36. The van der Waals surface area contributed by atoms with Gasteiger partial charge in [0.05, 0.1) is 16.5 Å². The molecular weight excluding hydrogens is 431 g/mol. The number of hydrogen-bond donors (Lipinski definition) is 1. The number of benzene rings is 2. The third-order valence-electron chi connectivity index (χ3n) is 4.54. The van der Waals surface area contributed by atoms with Crippen molar-refractivity contribution in [3.05, 3.63) is 68.7 Å². The molecule has 2 aromatic rings. The maximum Gasteiger partial charge on any atom is 0.242 e. The highest BCUT2D eigenvalue weighted by Gasteiger charge is 2.28. The van der Waals surface area contributed by atoms with Crippen molar-refractivity contribution in [2.45, 2.75) is 45.7 Å². The van der Waals surface area contributed by atoms with E-state index in [9.17, 15) is 9.59 Å². The van der Waals surface area contributed by atoms with Gasteiger partial charge >= 0.3 is 0 Å². The maximum absolute atomic E-state index is 13.2. The molecule has 0 bridgehead atoms. The highest BCUT2D eigenvalue weighted by Crippen LogP contribution is 2.24. The Balaban J connectivity index is 2.27. The Kier molecular flexibility index (Phi) is 9.28. The Morgan fingerprint density at radius 1 is 0.966 bits per heavy atom. The van der Waals surface area contributed by atoms with Crippen LogP contribution in [0.15, 0.2) is 42.5 Å². The number of amides is 2. The van der Waals surface area contributed by atoms with Gasteiger partial charge in [-0.2, -0.15) is 0 Å². The predicted molar refractivity (Wildman–Crippen MR) is 120 cm³/mol. The Bertz CT molecular complexity index is 840. The van der Waals surface area contributed by atoms with Crippen LogP contribution in [0.25, 0.3) is 0 Å². The van der Waals surface area contributed by atoms with Gasteiger partial charge in [0.15, 0.2) is 0 Å².